The van der Waals surface area contributed by atoms with Crippen LogP contribution in [0.15, 0.2) is 60.7 Å². The first-order chi connectivity index (χ1) is 15.6. The van der Waals surface area contributed by atoms with Crippen molar-refractivity contribution in [3.05, 3.63) is 71.8 Å². The van der Waals surface area contributed by atoms with E-state index >= 15 is 0 Å². The lowest BCUT2D eigenvalue weighted by Gasteiger charge is -2.53. The molecule has 0 spiro atoms. The molecule has 0 atom stereocenters. The second-order valence-corrected chi connectivity index (χ2v) is 9.89. The highest BCUT2D eigenvalue weighted by molar-refractivity contribution is 6.08. The molecule has 2 amide bonds. The zero-order chi connectivity index (χ0) is 23.8. The molecule has 1 fully saturated rings. The first-order valence-corrected chi connectivity index (χ1v) is 11.3. The second kappa shape index (κ2) is 8.52. The van der Waals surface area contributed by atoms with Crippen LogP contribution in [0.1, 0.15) is 61.3 Å². The fourth-order valence-corrected chi connectivity index (χ4v) is 4.33. The molecule has 33 heavy (non-hydrogen) atoms. The lowest BCUT2D eigenvalue weighted by atomic mass is 9.69. The van der Waals surface area contributed by atoms with Crippen molar-refractivity contribution < 1.29 is 14.7 Å². The summed E-state index contributed by atoms with van der Waals surface area (Å²) in [4.78, 5) is 25.6. The minimum Gasteiger partial charge on any atom is -0.507 e. The highest BCUT2D eigenvalue weighted by atomic mass is 16.3. The first kappa shape index (κ1) is 22.8. The van der Waals surface area contributed by atoms with Gasteiger partial charge in [0.1, 0.15) is 5.75 Å². The molecule has 0 aromatic heterocycles. The van der Waals surface area contributed by atoms with Crippen LogP contribution in [0.2, 0.25) is 0 Å². The maximum Gasteiger partial charge on any atom is 0.265 e. The number of benzene rings is 3. The van der Waals surface area contributed by atoms with Crippen molar-refractivity contribution in [2.24, 2.45) is 5.41 Å². The molecule has 172 valence electrons. The van der Waals surface area contributed by atoms with Crippen LogP contribution in [-0.4, -0.2) is 34.0 Å². The van der Waals surface area contributed by atoms with Gasteiger partial charge >= 0.3 is 0 Å². The number of piperidine rings is 1. The summed E-state index contributed by atoms with van der Waals surface area (Å²) < 4.78 is 0. The quantitative estimate of drug-likeness (QED) is 0.506. The predicted octanol–water partition coefficient (Wildman–Crippen LogP) is 5.34. The van der Waals surface area contributed by atoms with Crippen LogP contribution < -0.4 is 10.7 Å². The number of phenolic OH excluding ortho intramolecular Hbond substituents is 1. The molecule has 1 saturated heterocycles. The van der Waals surface area contributed by atoms with Crippen LogP contribution in [0, 0.1) is 5.41 Å². The molecule has 3 aromatic carbocycles. The topological polar surface area (TPSA) is 81.7 Å². The fraction of sp³-hybridized carbons (Fsp3) is 0.333. The highest BCUT2D eigenvalue weighted by Crippen LogP contribution is 2.42. The van der Waals surface area contributed by atoms with Gasteiger partial charge in [0, 0.05) is 23.3 Å². The van der Waals surface area contributed by atoms with E-state index in [9.17, 15) is 14.7 Å². The number of anilines is 1. The molecule has 6 nitrogen and oxygen atoms in total. The van der Waals surface area contributed by atoms with Gasteiger partial charge < -0.3 is 10.4 Å². The standard InChI is InChI=1S/C27H31N3O3/c1-26(2)14-7-15-30(27(26,3)4)29-24(32)18-10-12-21(13-11-18)28-25(33)22-16-19-8-5-6-9-20(19)17-23(22)31/h5-6,8-13,16-17,31H,7,14-15H2,1-4H3,(H,28,33)(H,29,32). The average molecular weight is 446 g/mol. The maximum atomic E-state index is 12.9. The van der Waals surface area contributed by atoms with Gasteiger partial charge in [-0.1, -0.05) is 38.1 Å². The normalized spacial score (nSPS) is 17.5. The van der Waals surface area contributed by atoms with Gasteiger partial charge in [0.2, 0.25) is 0 Å². The van der Waals surface area contributed by atoms with Gasteiger partial charge in [-0.15, -0.1) is 0 Å². The van der Waals surface area contributed by atoms with Crippen molar-refractivity contribution in [1.82, 2.24) is 10.4 Å². The van der Waals surface area contributed by atoms with Gasteiger partial charge in [-0.05, 0) is 79.3 Å². The molecular weight excluding hydrogens is 414 g/mol. The number of hydrogen-bond donors (Lipinski definition) is 3. The van der Waals surface area contributed by atoms with Crippen LogP contribution in [0.3, 0.4) is 0 Å². The molecule has 6 heteroatoms. The summed E-state index contributed by atoms with van der Waals surface area (Å²) in [6.07, 6.45) is 2.15. The molecule has 3 N–H and O–H groups in total. The van der Waals surface area contributed by atoms with Crippen molar-refractivity contribution in [3.8, 4) is 5.75 Å². The minimum absolute atomic E-state index is 0.0748. The number of nitrogens with one attached hydrogen (secondary N) is 2. The Labute approximate surface area is 194 Å². The molecule has 0 saturated carbocycles. The van der Waals surface area contributed by atoms with E-state index < -0.39 is 5.91 Å². The van der Waals surface area contributed by atoms with E-state index in [0.29, 0.717) is 11.3 Å². The summed E-state index contributed by atoms with van der Waals surface area (Å²) in [5.74, 6) is -0.659. The number of phenols is 1. The summed E-state index contributed by atoms with van der Waals surface area (Å²) in [7, 11) is 0. The van der Waals surface area contributed by atoms with Crippen LogP contribution in [0.25, 0.3) is 10.8 Å². The Kier molecular flexibility index (Phi) is 5.89. The van der Waals surface area contributed by atoms with Crippen LogP contribution in [0.5, 0.6) is 5.75 Å². The Bertz CT molecular complexity index is 1200. The van der Waals surface area contributed by atoms with E-state index in [1.807, 2.05) is 29.3 Å². The molecule has 1 aliphatic rings. The zero-order valence-electron chi connectivity index (χ0n) is 19.6. The number of nitrogens with zero attached hydrogens (tertiary/aromatic N) is 1. The number of fused-ring (bicyclic) bond motifs is 1. The van der Waals surface area contributed by atoms with Crippen molar-refractivity contribution in [1.29, 1.82) is 0 Å². The number of hydrazine groups is 1. The Morgan fingerprint density at radius 1 is 0.909 bits per heavy atom. The third-order valence-corrected chi connectivity index (χ3v) is 7.26. The van der Waals surface area contributed by atoms with E-state index in [0.717, 1.165) is 30.2 Å². The SMILES string of the molecule is CC1(C)CCCN(NC(=O)c2ccc(NC(=O)c3cc4ccccc4cc3O)cc2)C1(C)C. The molecule has 0 radical (unpaired) electrons. The van der Waals surface area contributed by atoms with E-state index in [1.165, 1.54) is 0 Å². The molecule has 3 aromatic rings. The summed E-state index contributed by atoms with van der Waals surface area (Å²) in [5, 5.41) is 16.9. The van der Waals surface area contributed by atoms with Gasteiger partial charge in [-0.3, -0.25) is 15.0 Å². The fourth-order valence-electron chi connectivity index (χ4n) is 4.33. The number of rotatable bonds is 4. The van der Waals surface area contributed by atoms with Crippen molar-refractivity contribution in [2.75, 3.05) is 11.9 Å². The van der Waals surface area contributed by atoms with E-state index in [2.05, 4.69) is 38.4 Å². The van der Waals surface area contributed by atoms with Gasteiger partial charge in [0.15, 0.2) is 0 Å². The maximum absolute atomic E-state index is 12.9. The third-order valence-electron chi connectivity index (χ3n) is 7.26. The minimum atomic E-state index is -0.409. The molecule has 0 aliphatic carbocycles. The van der Waals surface area contributed by atoms with Crippen molar-refractivity contribution >= 4 is 28.3 Å². The number of amides is 2. The largest absolute Gasteiger partial charge is 0.507 e. The number of carbonyl (C=O) groups is 2. The monoisotopic (exact) mass is 445 g/mol. The molecular formula is C27H31N3O3. The Morgan fingerprint density at radius 2 is 1.55 bits per heavy atom. The zero-order valence-corrected chi connectivity index (χ0v) is 19.6. The van der Waals surface area contributed by atoms with Crippen LogP contribution in [0.4, 0.5) is 5.69 Å². The van der Waals surface area contributed by atoms with E-state index in [1.54, 1.807) is 36.4 Å². The van der Waals surface area contributed by atoms with Gasteiger partial charge in [-0.2, -0.15) is 0 Å². The van der Waals surface area contributed by atoms with E-state index in [-0.39, 0.29) is 28.2 Å². The Hall–Kier alpha value is -3.38. The summed E-state index contributed by atoms with van der Waals surface area (Å²) in [6.45, 7) is 9.60. The summed E-state index contributed by atoms with van der Waals surface area (Å²) in [6, 6.07) is 17.6. The number of aromatic hydroxyl groups is 1. The summed E-state index contributed by atoms with van der Waals surface area (Å²) in [5.41, 5.74) is 4.24. The Morgan fingerprint density at radius 3 is 2.21 bits per heavy atom. The average Bonchev–Trinajstić information content (AvgIpc) is 2.77. The molecule has 0 bridgehead atoms. The number of carbonyl (C=O) groups excluding carboxylic acids is 2. The van der Waals surface area contributed by atoms with Crippen LogP contribution in [-0.2, 0) is 0 Å². The lowest BCUT2D eigenvalue weighted by molar-refractivity contribution is -0.0572. The van der Waals surface area contributed by atoms with Crippen molar-refractivity contribution in [3.63, 3.8) is 0 Å². The summed E-state index contributed by atoms with van der Waals surface area (Å²) >= 11 is 0. The smallest absolute Gasteiger partial charge is 0.265 e. The molecule has 1 aliphatic heterocycles. The Balaban J connectivity index is 1.45. The van der Waals surface area contributed by atoms with Gasteiger partial charge in [0.05, 0.1) is 5.56 Å². The van der Waals surface area contributed by atoms with E-state index in [4.69, 9.17) is 0 Å². The molecule has 0 unspecified atom stereocenters. The van der Waals surface area contributed by atoms with Crippen LogP contribution >= 0.6 is 0 Å². The van der Waals surface area contributed by atoms with Gasteiger partial charge in [-0.25, -0.2) is 5.01 Å². The first-order valence-electron chi connectivity index (χ1n) is 11.3. The lowest BCUT2D eigenvalue weighted by Crippen LogP contribution is -2.63. The van der Waals surface area contributed by atoms with Crippen molar-refractivity contribution in [2.45, 2.75) is 46.1 Å². The third kappa shape index (κ3) is 4.44. The predicted molar refractivity (Wildman–Crippen MR) is 131 cm³/mol. The highest BCUT2D eigenvalue weighted by Gasteiger charge is 2.45. The molecule has 4 rings (SSSR count). The molecule has 1 heterocycles. The van der Waals surface area contributed by atoms with Gasteiger partial charge in [0.25, 0.3) is 11.8 Å². The second-order valence-electron chi connectivity index (χ2n) is 9.89. The number of hydrogen-bond acceptors (Lipinski definition) is 4.